The number of carbonyl (C=O) groups excluding carboxylic acids is 1. The topological polar surface area (TPSA) is 76.1 Å². The van der Waals surface area contributed by atoms with E-state index in [9.17, 15) is 4.79 Å². The number of rotatable bonds is 5. The number of aryl methyl sites for hydroxylation is 1. The SMILES string of the molecule is Cc1ccc(Nc2nccc(C(=O)NCC3CCCO3)n2)c(Br)c1. The fraction of sp³-hybridized carbons (Fsp3) is 0.353. The molecule has 3 rings (SSSR count). The molecule has 1 aliphatic heterocycles. The van der Waals surface area contributed by atoms with E-state index >= 15 is 0 Å². The van der Waals surface area contributed by atoms with Gasteiger partial charge in [-0.25, -0.2) is 9.97 Å². The molecule has 1 aliphatic rings. The Labute approximate surface area is 149 Å². The first-order valence-electron chi connectivity index (χ1n) is 7.88. The fourth-order valence-electron chi connectivity index (χ4n) is 2.49. The summed E-state index contributed by atoms with van der Waals surface area (Å²) in [6, 6.07) is 7.53. The molecule has 7 heteroatoms. The molecule has 2 aromatic rings. The van der Waals surface area contributed by atoms with Gasteiger partial charge in [-0.1, -0.05) is 6.07 Å². The maximum atomic E-state index is 12.2. The first-order chi connectivity index (χ1) is 11.6. The number of aromatic nitrogens is 2. The average Bonchev–Trinajstić information content (AvgIpc) is 3.09. The number of amides is 1. The van der Waals surface area contributed by atoms with Crippen LogP contribution in [0.5, 0.6) is 0 Å². The Balaban J connectivity index is 1.65. The lowest BCUT2D eigenvalue weighted by Crippen LogP contribution is -2.32. The minimum absolute atomic E-state index is 0.108. The van der Waals surface area contributed by atoms with Crippen molar-refractivity contribution >= 4 is 33.5 Å². The number of hydrogen-bond acceptors (Lipinski definition) is 5. The van der Waals surface area contributed by atoms with Gasteiger partial charge in [-0.05, 0) is 59.5 Å². The highest BCUT2D eigenvalue weighted by Gasteiger charge is 2.17. The molecule has 126 valence electrons. The molecule has 2 N–H and O–H groups in total. The zero-order valence-corrected chi connectivity index (χ0v) is 15.0. The van der Waals surface area contributed by atoms with Gasteiger partial charge in [-0.2, -0.15) is 0 Å². The van der Waals surface area contributed by atoms with Crippen LogP contribution in [0.3, 0.4) is 0 Å². The predicted molar refractivity (Wildman–Crippen MR) is 95.5 cm³/mol. The van der Waals surface area contributed by atoms with Crippen LogP contribution in [0.1, 0.15) is 28.9 Å². The smallest absolute Gasteiger partial charge is 0.270 e. The van der Waals surface area contributed by atoms with Gasteiger partial charge in [0.25, 0.3) is 5.91 Å². The molecule has 1 atom stereocenters. The molecule has 1 amide bonds. The van der Waals surface area contributed by atoms with Crippen LogP contribution in [-0.2, 0) is 4.74 Å². The Morgan fingerprint density at radius 1 is 1.42 bits per heavy atom. The monoisotopic (exact) mass is 390 g/mol. The van der Waals surface area contributed by atoms with Gasteiger partial charge in [-0.3, -0.25) is 4.79 Å². The molecule has 0 bridgehead atoms. The van der Waals surface area contributed by atoms with E-state index < -0.39 is 0 Å². The predicted octanol–water partition coefficient (Wildman–Crippen LogP) is 3.20. The molecule has 1 fully saturated rings. The Morgan fingerprint density at radius 2 is 2.29 bits per heavy atom. The Morgan fingerprint density at radius 3 is 3.04 bits per heavy atom. The number of hydrogen-bond donors (Lipinski definition) is 2. The quantitative estimate of drug-likeness (QED) is 0.819. The molecule has 0 spiro atoms. The zero-order chi connectivity index (χ0) is 16.9. The third-order valence-corrected chi connectivity index (χ3v) is 4.43. The van der Waals surface area contributed by atoms with Gasteiger partial charge in [0, 0.05) is 23.8 Å². The molecule has 6 nitrogen and oxygen atoms in total. The van der Waals surface area contributed by atoms with E-state index in [0.717, 1.165) is 35.2 Å². The number of nitrogens with zero attached hydrogens (tertiary/aromatic N) is 2. The Hall–Kier alpha value is -1.99. The van der Waals surface area contributed by atoms with Gasteiger partial charge in [0.05, 0.1) is 11.8 Å². The second kappa shape index (κ2) is 7.72. The van der Waals surface area contributed by atoms with Gasteiger partial charge in [0.2, 0.25) is 5.95 Å². The van der Waals surface area contributed by atoms with Crippen molar-refractivity contribution in [1.82, 2.24) is 15.3 Å². The van der Waals surface area contributed by atoms with Crippen LogP contribution in [0.25, 0.3) is 0 Å². The third-order valence-electron chi connectivity index (χ3n) is 3.77. The van der Waals surface area contributed by atoms with E-state index in [0.29, 0.717) is 18.2 Å². The number of anilines is 2. The number of halogens is 1. The Kier molecular flexibility index (Phi) is 5.42. The fourth-order valence-corrected chi connectivity index (χ4v) is 3.08. The maximum absolute atomic E-state index is 12.2. The van der Waals surface area contributed by atoms with Gasteiger partial charge in [-0.15, -0.1) is 0 Å². The largest absolute Gasteiger partial charge is 0.376 e. The number of ether oxygens (including phenoxy) is 1. The van der Waals surface area contributed by atoms with Crippen LogP contribution in [0.15, 0.2) is 34.9 Å². The molecule has 1 unspecified atom stereocenters. The van der Waals surface area contributed by atoms with E-state index in [1.807, 2.05) is 25.1 Å². The second-order valence-electron chi connectivity index (χ2n) is 5.72. The van der Waals surface area contributed by atoms with Crippen molar-refractivity contribution in [3.63, 3.8) is 0 Å². The Bertz CT molecular complexity index is 732. The summed E-state index contributed by atoms with van der Waals surface area (Å²) in [7, 11) is 0. The summed E-state index contributed by atoms with van der Waals surface area (Å²) in [5, 5.41) is 5.98. The first kappa shape index (κ1) is 16.9. The zero-order valence-electron chi connectivity index (χ0n) is 13.4. The summed E-state index contributed by atoms with van der Waals surface area (Å²) < 4.78 is 6.42. The molecule has 0 saturated carbocycles. The third kappa shape index (κ3) is 4.30. The molecule has 0 radical (unpaired) electrons. The van der Waals surface area contributed by atoms with Crippen molar-refractivity contribution in [2.24, 2.45) is 0 Å². The summed E-state index contributed by atoms with van der Waals surface area (Å²) in [5.41, 5.74) is 2.32. The first-order valence-corrected chi connectivity index (χ1v) is 8.67. The highest BCUT2D eigenvalue weighted by molar-refractivity contribution is 9.10. The van der Waals surface area contributed by atoms with E-state index in [-0.39, 0.29) is 12.0 Å². The molecule has 24 heavy (non-hydrogen) atoms. The molecule has 1 aromatic carbocycles. The van der Waals surface area contributed by atoms with Crippen LogP contribution in [0, 0.1) is 6.92 Å². The number of nitrogens with one attached hydrogen (secondary N) is 2. The van der Waals surface area contributed by atoms with Crippen molar-refractivity contribution in [3.8, 4) is 0 Å². The molecule has 1 saturated heterocycles. The molecular formula is C17H19BrN4O2. The van der Waals surface area contributed by atoms with Crippen LogP contribution in [0.2, 0.25) is 0 Å². The number of benzene rings is 1. The lowest BCUT2D eigenvalue weighted by molar-refractivity contribution is 0.0853. The molecule has 0 aliphatic carbocycles. The summed E-state index contributed by atoms with van der Waals surface area (Å²) in [5.74, 6) is 0.156. The van der Waals surface area contributed by atoms with Crippen molar-refractivity contribution in [3.05, 3.63) is 46.2 Å². The van der Waals surface area contributed by atoms with Gasteiger partial charge in [0.1, 0.15) is 5.69 Å². The van der Waals surface area contributed by atoms with E-state index in [2.05, 4.69) is 36.5 Å². The standard InChI is InChI=1S/C17H19BrN4O2/c1-11-4-5-14(13(18)9-11)21-17-19-7-6-15(22-17)16(23)20-10-12-3-2-8-24-12/h4-7,9,12H,2-3,8,10H2,1H3,(H,20,23)(H,19,21,22). The van der Waals surface area contributed by atoms with Crippen LogP contribution in [0.4, 0.5) is 11.6 Å². The maximum Gasteiger partial charge on any atom is 0.270 e. The summed E-state index contributed by atoms with van der Waals surface area (Å²) in [6.45, 7) is 3.30. The van der Waals surface area contributed by atoms with Gasteiger partial charge >= 0.3 is 0 Å². The minimum Gasteiger partial charge on any atom is -0.376 e. The van der Waals surface area contributed by atoms with E-state index in [4.69, 9.17) is 4.74 Å². The average molecular weight is 391 g/mol. The molecular weight excluding hydrogens is 372 g/mol. The summed E-state index contributed by atoms with van der Waals surface area (Å²) in [4.78, 5) is 20.7. The number of carbonyl (C=O) groups is 1. The van der Waals surface area contributed by atoms with Crippen LogP contribution < -0.4 is 10.6 Å². The lowest BCUT2D eigenvalue weighted by atomic mass is 10.2. The normalized spacial score (nSPS) is 16.8. The van der Waals surface area contributed by atoms with Gasteiger partial charge in [0.15, 0.2) is 0 Å². The van der Waals surface area contributed by atoms with Crippen molar-refractivity contribution in [1.29, 1.82) is 0 Å². The van der Waals surface area contributed by atoms with E-state index in [1.54, 1.807) is 12.3 Å². The summed E-state index contributed by atoms with van der Waals surface area (Å²) >= 11 is 3.50. The van der Waals surface area contributed by atoms with E-state index in [1.165, 1.54) is 0 Å². The molecule has 1 aromatic heterocycles. The molecule has 2 heterocycles. The minimum atomic E-state index is -0.223. The van der Waals surface area contributed by atoms with Crippen molar-refractivity contribution < 1.29 is 9.53 Å². The van der Waals surface area contributed by atoms with Crippen LogP contribution >= 0.6 is 15.9 Å². The van der Waals surface area contributed by atoms with Gasteiger partial charge < -0.3 is 15.4 Å². The highest BCUT2D eigenvalue weighted by Crippen LogP contribution is 2.25. The van der Waals surface area contributed by atoms with Crippen LogP contribution in [-0.4, -0.2) is 35.1 Å². The summed E-state index contributed by atoms with van der Waals surface area (Å²) in [6.07, 6.45) is 3.71. The lowest BCUT2D eigenvalue weighted by Gasteiger charge is -2.11. The van der Waals surface area contributed by atoms with Crippen molar-refractivity contribution in [2.75, 3.05) is 18.5 Å². The van der Waals surface area contributed by atoms with Crippen molar-refractivity contribution in [2.45, 2.75) is 25.9 Å². The second-order valence-corrected chi connectivity index (χ2v) is 6.57. The highest BCUT2D eigenvalue weighted by atomic mass is 79.9.